The van der Waals surface area contributed by atoms with Crippen molar-refractivity contribution in [1.82, 2.24) is 14.9 Å². The number of carbonyl (C=O) groups is 2. The summed E-state index contributed by atoms with van der Waals surface area (Å²) < 4.78 is 75.7. The highest BCUT2D eigenvalue weighted by Gasteiger charge is 2.33. The lowest BCUT2D eigenvalue weighted by Gasteiger charge is -2.20. The molecule has 4 aromatic rings. The summed E-state index contributed by atoms with van der Waals surface area (Å²) in [5, 5.41) is 5.37. The number of nitrogens with one attached hydrogen (secondary N) is 2. The molecule has 43 heavy (non-hydrogen) atoms. The Bertz CT molecular complexity index is 1710. The molecule has 3 heterocycles. The fourth-order valence-corrected chi connectivity index (χ4v) is 5.00. The third-order valence-electron chi connectivity index (χ3n) is 6.75. The Morgan fingerprint density at radius 3 is 2.37 bits per heavy atom. The molecule has 2 aromatic heterocycles. The van der Waals surface area contributed by atoms with Gasteiger partial charge in [0.1, 0.15) is 23.1 Å². The fourth-order valence-electron chi connectivity index (χ4n) is 5.00. The van der Waals surface area contributed by atoms with Gasteiger partial charge in [0.15, 0.2) is 0 Å². The van der Waals surface area contributed by atoms with Crippen molar-refractivity contribution < 1.29 is 36.3 Å². The molecular weight excluding hydrogens is 571 g/mol. The molecule has 0 aliphatic carbocycles. The molecule has 2 amide bonds. The van der Waals surface area contributed by atoms with E-state index in [4.69, 9.17) is 4.74 Å². The van der Waals surface area contributed by atoms with Crippen LogP contribution in [0, 0.1) is 11.6 Å². The predicted octanol–water partition coefficient (Wildman–Crippen LogP) is 7.20. The molecule has 0 atom stereocenters. The number of pyridine rings is 1. The zero-order valence-corrected chi connectivity index (χ0v) is 23.4. The minimum Gasteiger partial charge on any atom is -0.444 e. The first-order valence-electron chi connectivity index (χ1n) is 13.3. The molecular formula is C31H27F5N4O3. The number of benzene rings is 2. The van der Waals surface area contributed by atoms with Crippen LogP contribution in [-0.2, 0) is 23.9 Å². The molecule has 0 saturated carbocycles. The number of rotatable bonds is 5. The summed E-state index contributed by atoms with van der Waals surface area (Å²) in [5.74, 6) is -1.85. The summed E-state index contributed by atoms with van der Waals surface area (Å²) in [5.41, 5.74) is 0.618. The Balaban J connectivity index is 1.71. The van der Waals surface area contributed by atoms with E-state index in [1.165, 1.54) is 36.5 Å². The van der Waals surface area contributed by atoms with Crippen LogP contribution < -0.4 is 10.6 Å². The molecule has 0 fully saturated rings. The zero-order chi connectivity index (χ0) is 31.1. The normalized spacial score (nSPS) is 13.3. The van der Waals surface area contributed by atoms with Crippen molar-refractivity contribution in [3.05, 3.63) is 94.8 Å². The minimum atomic E-state index is -4.72. The molecule has 1 aliphatic heterocycles. The number of hydrogen-bond donors (Lipinski definition) is 2. The maximum atomic E-state index is 15.1. The number of aromatic nitrogens is 2. The van der Waals surface area contributed by atoms with E-state index in [2.05, 4.69) is 15.6 Å². The second-order valence-electron chi connectivity index (χ2n) is 11.0. The van der Waals surface area contributed by atoms with E-state index in [-0.39, 0.29) is 30.0 Å². The molecule has 7 nitrogen and oxygen atoms in total. The molecule has 2 N–H and O–H groups in total. The third-order valence-corrected chi connectivity index (χ3v) is 6.75. The highest BCUT2D eigenvalue weighted by Crippen LogP contribution is 2.42. The van der Waals surface area contributed by atoms with Gasteiger partial charge in [-0.25, -0.2) is 18.6 Å². The minimum absolute atomic E-state index is 0.0372. The number of carbonyl (C=O) groups excluding carboxylic acids is 2. The first-order valence-corrected chi connectivity index (χ1v) is 13.3. The lowest BCUT2D eigenvalue weighted by Crippen LogP contribution is -2.32. The molecule has 0 bridgehead atoms. The molecule has 12 heteroatoms. The summed E-state index contributed by atoms with van der Waals surface area (Å²) in [4.78, 5) is 29.9. The van der Waals surface area contributed by atoms with Gasteiger partial charge in [-0.2, -0.15) is 13.2 Å². The molecule has 224 valence electrons. The number of halogens is 5. The quantitative estimate of drug-likeness (QED) is 0.238. The van der Waals surface area contributed by atoms with Gasteiger partial charge in [0.05, 0.1) is 23.4 Å². The van der Waals surface area contributed by atoms with Gasteiger partial charge in [0.25, 0.3) is 5.91 Å². The van der Waals surface area contributed by atoms with Gasteiger partial charge in [-0.15, -0.1) is 0 Å². The summed E-state index contributed by atoms with van der Waals surface area (Å²) in [7, 11) is 0. The van der Waals surface area contributed by atoms with Crippen LogP contribution in [0.2, 0.25) is 0 Å². The Kier molecular flexibility index (Phi) is 7.72. The van der Waals surface area contributed by atoms with Crippen molar-refractivity contribution in [2.24, 2.45) is 0 Å². The van der Waals surface area contributed by atoms with Gasteiger partial charge in [-0.05, 0) is 62.7 Å². The molecule has 0 saturated heterocycles. The van der Waals surface area contributed by atoms with Crippen LogP contribution in [-0.4, -0.2) is 33.7 Å². The maximum absolute atomic E-state index is 15.1. The molecule has 2 aromatic carbocycles. The second-order valence-corrected chi connectivity index (χ2v) is 11.0. The van der Waals surface area contributed by atoms with Crippen molar-refractivity contribution in [2.45, 2.75) is 45.5 Å². The molecule has 0 spiro atoms. The van der Waals surface area contributed by atoms with Crippen molar-refractivity contribution >= 4 is 17.8 Å². The smallest absolute Gasteiger partial charge is 0.416 e. The van der Waals surface area contributed by atoms with Gasteiger partial charge in [0.2, 0.25) is 0 Å². The highest BCUT2D eigenvalue weighted by molar-refractivity contribution is 6.07. The standard InChI is InChI=1S/C31H27F5N4O3/c1-30(2,3)43-29(42)39-24-14-18(10-12-37-24)27-25(17-5-8-21(32)9-6-17)26-23(11-13-38-28(26)41)40(27)16-19-4-7-20(15-22(19)33)31(34,35)36/h4-10,12,14-15H,11,13,16H2,1-3H3,(H,38,41)(H,37,39,42). The van der Waals surface area contributed by atoms with Gasteiger partial charge in [-0.3, -0.25) is 10.1 Å². The number of nitrogens with zero attached hydrogens (tertiary/aromatic N) is 2. The van der Waals surface area contributed by atoms with Crippen LogP contribution in [0.15, 0.2) is 60.8 Å². The van der Waals surface area contributed by atoms with E-state index in [1.807, 2.05) is 0 Å². The van der Waals surface area contributed by atoms with E-state index in [9.17, 15) is 27.2 Å². The summed E-state index contributed by atoms with van der Waals surface area (Å²) in [6, 6.07) is 10.9. The average Bonchev–Trinajstić information content (AvgIpc) is 3.24. The van der Waals surface area contributed by atoms with Crippen molar-refractivity contribution in [3.8, 4) is 22.4 Å². The van der Waals surface area contributed by atoms with E-state index in [0.29, 0.717) is 40.6 Å². The van der Waals surface area contributed by atoms with E-state index < -0.39 is 41.0 Å². The van der Waals surface area contributed by atoms with Crippen molar-refractivity contribution in [1.29, 1.82) is 0 Å². The lowest BCUT2D eigenvalue weighted by atomic mass is 9.95. The number of fused-ring (bicyclic) bond motifs is 1. The Morgan fingerprint density at radius 2 is 1.72 bits per heavy atom. The fraction of sp³-hybridized carbons (Fsp3) is 0.258. The zero-order valence-electron chi connectivity index (χ0n) is 23.4. The van der Waals surface area contributed by atoms with E-state index in [1.54, 1.807) is 31.4 Å². The predicted molar refractivity (Wildman–Crippen MR) is 149 cm³/mol. The summed E-state index contributed by atoms with van der Waals surface area (Å²) in [6.07, 6.45) is -3.71. The van der Waals surface area contributed by atoms with Gasteiger partial charge >= 0.3 is 12.3 Å². The maximum Gasteiger partial charge on any atom is 0.416 e. The monoisotopic (exact) mass is 598 g/mol. The van der Waals surface area contributed by atoms with Crippen molar-refractivity contribution in [3.63, 3.8) is 0 Å². The molecule has 5 rings (SSSR count). The number of ether oxygens (including phenoxy) is 1. The highest BCUT2D eigenvalue weighted by atomic mass is 19.4. The molecule has 0 radical (unpaired) electrons. The Hall–Kier alpha value is -4.74. The largest absolute Gasteiger partial charge is 0.444 e. The summed E-state index contributed by atoms with van der Waals surface area (Å²) in [6.45, 7) is 5.17. The van der Waals surface area contributed by atoms with Crippen LogP contribution in [0.25, 0.3) is 22.4 Å². The van der Waals surface area contributed by atoms with Crippen LogP contribution in [0.3, 0.4) is 0 Å². The van der Waals surface area contributed by atoms with E-state index in [0.717, 1.165) is 12.1 Å². The first kappa shape index (κ1) is 29.7. The number of alkyl halides is 3. The molecule has 0 unspecified atom stereocenters. The van der Waals surface area contributed by atoms with Gasteiger partial charge < -0.3 is 14.6 Å². The van der Waals surface area contributed by atoms with Gasteiger partial charge in [-0.1, -0.05) is 18.2 Å². The Morgan fingerprint density at radius 1 is 1.00 bits per heavy atom. The second kappa shape index (κ2) is 11.2. The molecule has 1 aliphatic rings. The number of amides is 2. The number of anilines is 1. The van der Waals surface area contributed by atoms with Crippen LogP contribution >= 0.6 is 0 Å². The SMILES string of the molecule is CC(C)(C)OC(=O)Nc1cc(-c2c(-c3ccc(F)cc3)c3c(n2Cc2ccc(C(F)(F)F)cc2F)CCNC3=O)ccn1. The first-order chi connectivity index (χ1) is 20.2. The average molecular weight is 599 g/mol. The Labute approximate surface area is 243 Å². The van der Waals surface area contributed by atoms with Crippen molar-refractivity contribution in [2.75, 3.05) is 11.9 Å². The summed E-state index contributed by atoms with van der Waals surface area (Å²) >= 11 is 0. The van der Waals surface area contributed by atoms with Gasteiger partial charge in [0, 0.05) is 41.5 Å². The topological polar surface area (TPSA) is 85.2 Å². The van der Waals surface area contributed by atoms with Crippen LogP contribution in [0.5, 0.6) is 0 Å². The third kappa shape index (κ3) is 6.37. The van der Waals surface area contributed by atoms with Crippen LogP contribution in [0.1, 0.15) is 48.0 Å². The van der Waals surface area contributed by atoms with Crippen LogP contribution in [0.4, 0.5) is 32.6 Å². The van der Waals surface area contributed by atoms with E-state index >= 15 is 4.39 Å². The number of hydrogen-bond acceptors (Lipinski definition) is 4. The lowest BCUT2D eigenvalue weighted by molar-refractivity contribution is -0.137.